The van der Waals surface area contributed by atoms with E-state index < -0.39 is 0 Å². The molecule has 0 spiro atoms. The van der Waals surface area contributed by atoms with Gasteiger partial charge in [0.25, 0.3) is 5.56 Å². The summed E-state index contributed by atoms with van der Waals surface area (Å²) in [6.45, 7) is 4.34. The summed E-state index contributed by atoms with van der Waals surface area (Å²) in [5.74, 6) is 0.589. The minimum absolute atomic E-state index is 0.0340. The maximum atomic E-state index is 13.1. The van der Waals surface area contributed by atoms with E-state index >= 15 is 0 Å². The van der Waals surface area contributed by atoms with Crippen LogP contribution in [0.25, 0.3) is 0 Å². The number of hydrogen-bond acceptors (Lipinski definition) is 4. The Hall–Kier alpha value is -2.63. The van der Waals surface area contributed by atoms with Crippen LogP contribution in [-0.2, 0) is 17.8 Å². The predicted octanol–water partition coefficient (Wildman–Crippen LogP) is 2.52. The van der Waals surface area contributed by atoms with E-state index in [-0.39, 0.29) is 18.0 Å². The summed E-state index contributed by atoms with van der Waals surface area (Å²) < 4.78 is 1.55. The van der Waals surface area contributed by atoms with Crippen molar-refractivity contribution < 1.29 is 4.79 Å². The average molecular weight is 366 g/mol. The van der Waals surface area contributed by atoms with Gasteiger partial charge in [-0.05, 0) is 50.7 Å². The second-order valence-electron chi connectivity index (χ2n) is 7.45. The Labute approximate surface area is 159 Å². The third kappa shape index (κ3) is 3.61. The van der Waals surface area contributed by atoms with Gasteiger partial charge >= 0.3 is 0 Å². The molecule has 4 rings (SSSR count). The Morgan fingerprint density at radius 1 is 1.07 bits per heavy atom. The van der Waals surface area contributed by atoms with Crippen LogP contribution in [0, 0.1) is 6.92 Å². The Kier molecular flexibility index (Phi) is 4.97. The van der Waals surface area contributed by atoms with Crippen molar-refractivity contribution in [3.8, 4) is 0 Å². The van der Waals surface area contributed by atoms with Gasteiger partial charge < -0.3 is 9.80 Å². The van der Waals surface area contributed by atoms with Crippen LogP contribution in [0.1, 0.15) is 36.9 Å². The van der Waals surface area contributed by atoms with Crippen molar-refractivity contribution in [1.82, 2.24) is 9.55 Å². The van der Waals surface area contributed by atoms with Gasteiger partial charge in [0.2, 0.25) is 11.9 Å². The van der Waals surface area contributed by atoms with Crippen molar-refractivity contribution in [1.29, 1.82) is 0 Å². The topological polar surface area (TPSA) is 58.4 Å². The lowest BCUT2D eigenvalue weighted by Crippen LogP contribution is -2.42. The maximum Gasteiger partial charge on any atom is 0.255 e. The number of hydrogen-bond donors (Lipinski definition) is 0. The number of carbonyl (C=O) groups is 1. The number of aromatic nitrogens is 2. The molecule has 0 aliphatic carbocycles. The molecule has 3 heterocycles. The van der Waals surface area contributed by atoms with Crippen molar-refractivity contribution in [2.24, 2.45) is 0 Å². The second-order valence-corrected chi connectivity index (χ2v) is 7.45. The fraction of sp³-hybridized carbons (Fsp3) is 0.476. The first-order valence-electron chi connectivity index (χ1n) is 9.85. The summed E-state index contributed by atoms with van der Waals surface area (Å²) in [6.07, 6.45) is 5.33. The molecule has 1 saturated heterocycles. The quantitative estimate of drug-likeness (QED) is 0.838. The first-order chi connectivity index (χ1) is 13.1. The van der Waals surface area contributed by atoms with E-state index in [9.17, 15) is 9.59 Å². The fourth-order valence-electron chi connectivity index (χ4n) is 4.10. The Morgan fingerprint density at radius 3 is 2.67 bits per heavy atom. The number of para-hydroxylation sites is 1. The molecule has 1 aromatic heterocycles. The standard InChI is InChI=1S/C21H26N4O2/c1-16-14-19(26)25(21(22-16)23-11-5-2-6-12-23)15-20(27)24-13-7-9-17-8-3-4-10-18(17)24/h3-4,8,10,14H,2,5-7,9,11-13,15H2,1H3. The van der Waals surface area contributed by atoms with Gasteiger partial charge in [0.1, 0.15) is 6.54 Å². The Morgan fingerprint density at radius 2 is 1.85 bits per heavy atom. The van der Waals surface area contributed by atoms with Crippen LogP contribution in [0.15, 0.2) is 35.1 Å². The zero-order valence-corrected chi connectivity index (χ0v) is 15.9. The van der Waals surface area contributed by atoms with E-state index in [4.69, 9.17) is 0 Å². The molecule has 1 aromatic carbocycles. The van der Waals surface area contributed by atoms with Gasteiger partial charge in [-0.1, -0.05) is 18.2 Å². The number of rotatable bonds is 3. The number of nitrogens with zero attached hydrogens (tertiary/aromatic N) is 4. The summed E-state index contributed by atoms with van der Waals surface area (Å²) in [5, 5.41) is 0. The number of fused-ring (bicyclic) bond motifs is 1. The van der Waals surface area contributed by atoms with Crippen molar-refractivity contribution >= 4 is 17.5 Å². The van der Waals surface area contributed by atoms with E-state index in [1.54, 1.807) is 4.57 Å². The molecule has 27 heavy (non-hydrogen) atoms. The van der Waals surface area contributed by atoms with Crippen LogP contribution in [0.3, 0.4) is 0 Å². The second kappa shape index (κ2) is 7.55. The molecule has 0 radical (unpaired) electrons. The van der Waals surface area contributed by atoms with Gasteiger partial charge in [0.15, 0.2) is 0 Å². The van der Waals surface area contributed by atoms with Gasteiger partial charge in [-0.3, -0.25) is 14.2 Å². The van der Waals surface area contributed by atoms with Crippen LogP contribution in [0.4, 0.5) is 11.6 Å². The minimum Gasteiger partial charge on any atom is -0.342 e. The van der Waals surface area contributed by atoms with Crippen LogP contribution in [0.2, 0.25) is 0 Å². The largest absolute Gasteiger partial charge is 0.342 e. The highest BCUT2D eigenvalue weighted by Crippen LogP contribution is 2.27. The smallest absolute Gasteiger partial charge is 0.255 e. The molecule has 0 atom stereocenters. The van der Waals surface area contributed by atoms with E-state index in [0.717, 1.165) is 44.5 Å². The molecule has 0 N–H and O–H groups in total. The monoisotopic (exact) mass is 366 g/mol. The normalized spacial score (nSPS) is 16.9. The minimum atomic E-state index is -0.151. The predicted molar refractivity (Wildman–Crippen MR) is 106 cm³/mol. The molecule has 142 valence electrons. The number of benzene rings is 1. The number of carbonyl (C=O) groups excluding carboxylic acids is 1. The van der Waals surface area contributed by atoms with Crippen molar-refractivity contribution in [3.05, 3.63) is 51.9 Å². The zero-order chi connectivity index (χ0) is 18.8. The molecule has 6 heteroatoms. The van der Waals surface area contributed by atoms with E-state index in [2.05, 4.69) is 16.0 Å². The van der Waals surface area contributed by atoms with Crippen molar-refractivity contribution in [2.45, 2.75) is 45.6 Å². The molecule has 2 aromatic rings. The first-order valence-corrected chi connectivity index (χ1v) is 9.85. The van der Waals surface area contributed by atoms with Crippen LogP contribution in [0.5, 0.6) is 0 Å². The fourth-order valence-corrected chi connectivity index (χ4v) is 4.10. The van der Waals surface area contributed by atoms with Gasteiger partial charge in [-0.15, -0.1) is 0 Å². The average Bonchev–Trinajstić information content (AvgIpc) is 2.70. The molecular formula is C21H26N4O2. The lowest BCUT2D eigenvalue weighted by atomic mass is 10.0. The Bertz CT molecular complexity index is 899. The van der Waals surface area contributed by atoms with Crippen LogP contribution < -0.4 is 15.4 Å². The third-order valence-corrected chi connectivity index (χ3v) is 5.46. The number of anilines is 2. The lowest BCUT2D eigenvalue weighted by molar-refractivity contribution is -0.119. The molecule has 1 fully saturated rings. The molecule has 0 saturated carbocycles. The SMILES string of the molecule is Cc1cc(=O)n(CC(=O)N2CCCc3ccccc32)c(N2CCCCC2)n1. The molecule has 0 bridgehead atoms. The lowest BCUT2D eigenvalue weighted by Gasteiger charge is -2.32. The number of amides is 1. The van der Waals surface area contributed by atoms with Crippen LogP contribution in [-0.4, -0.2) is 35.1 Å². The summed E-state index contributed by atoms with van der Waals surface area (Å²) in [5.41, 5.74) is 2.72. The molecular weight excluding hydrogens is 340 g/mol. The van der Waals surface area contributed by atoms with Crippen LogP contribution >= 0.6 is 0 Å². The van der Waals surface area contributed by atoms with Crippen molar-refractivity contribution in [2.75, 3.05) is 29.4 Å². The van der Waals surface area contributed by atoms with Gasteiger partial charge in [0, 0.05) is 37.1 Å². The molecule has 6 nitrogen and oxygen atoms in total. The Balaban J connectivity index is 1.65. The third-order valence-electron chi connectivity index (χ3n) is 5.46. The first kappa shape index (κ1) is 17.8. The van der Waals surface area contributed by atoms with Gasteiger partial charge in [-0.2, -0.15) is 0 Å². The molecule has 2 aliphatic rings. The summed E-state index contributed by atoms with van der Waals surface area (Å²) in [6, 6.07) is 9.56. The number of aryl methyl sites for hydroxylation is 2. The summed E-state index contributed by atoms with van der Waals surface area (Å²) in [4.78, 5) is 34.4. The van der Waals surface area contributed by atoms with Gasteiger partial charge in [0.05, 0.1) is 0 Å². The zero-order valence-electron chi connectivity index (χ0n) is 15.9. The van der Waals surface area contributed by atoms with Gasteiger partial charge in [-0.25, -0.2) is 4.98 Å². The highest BCUT2D eigenvalue weighted by molar-refractivity contribution is 5.94. The van der Waals surface area contributed by atoms with Crippen molar-refractivity contribution in [3.63, 3.8) is 0 Å². The van der Waals surface area contributed by atoms with E-state index in [1.165, 1.54) is 18.1 Å². The highest BCUT2D eigenvalue weighted by atomic mass is 16.2. The maximum absolute atomic E-state index is 13.1. The molecule has 2 aliphatic heterocycles. The summed E-state index contributed by atoms with van der Waals surface area (Å²) >= 11 is 0. The van der Waals surface area contributed by atoms with E-state index in [0.29, 0.717) is 18.2 Å². The number of piperidine rings is 1. The van der Waals surface area contributed by atoms with E-state index in [1.807, 2.05) is 30.0 Å². The summed E-state index contributed by atoms with van der Waals surface area (Å²) in [7, 11) is 0. The highest BCUT2D eigenvalue weighted by Gasteiger charge is 2.25. The molecule has 0 unspecified atom stereocenters. The molecule has 1 amide bonds.